The van der Waals surface area contributed by atoms with Gasteiger partial charge in [0.15, 0.2) is 0 Å². The van der Waals surface area contributed by atoms with Crippen molar-refractivity contribution in [1.29, 1.82) is 0 Å². The fourth-order valence-electron chi connectivity index (χ4n) is 1.34. The highest BCUT2D eigenvalue weighted by atomic mass is 19.1. The molecule has 0 N–H and O–H groups in total. The molecule has 0 saturated heterocycles. The van der Waals surface area contributed by atoms with Crippen molar-refractivity contribution in [3.05, 3.63) is 37.2 Å². The highest BCUT2D eigenvalue weighted by Gasteiger charge is 2.09. The molecular weight excluding hydrogens is 193 g/mol. The first-order valence-corrected chi connectivity index (χ1v) is 5.00. The summed E-state index contributed by atoms with van der Waals surface area (Å²) in [5.74, 6) is 0. The van der Waals surface area contributed by atoms with E-state index in [9.17, 15) is 4.39 Å². The molecule has 0 aliphatic rings. The van der Waals surface area contributed by atoms with Crippen LogP contribution in [-0.4, -0.2) is 9.78 Å². The van der Waals surface area contributed by atoms with Gasteiger partial charge in [0, 0.05) is 18.9 Å². The first-order valence-electron chi connectivity index (χ1n) is 5.00. The maximum Gasteiger partial charge on any atom is 0.106 e. The van der Waals surface area contributed by atoms with Crippen LogP contribution in [0.3, 0.4) is 0 Å². The molecule has 0 radical (unpaired) electrons. The fraction of sp³-hybridized carbons (Fsp3) is 0.364. The molecule has 0 aliphatic heterocycles. The number of allylic oxidation sites excluding steroid dienone is 1. The number of aryl methyl sites for hydroxylation is 1. The van der Waals surface area contributed by atoms with E-state index in [1.807, 2.05) is 20.0 Å². The molecule has 0 unspecified atom stereocenters. The average molecular weight is 209 g/mol. The van der Waals surface area contributed by atoms with Crippen molar-refractivity contribution in [3.8, 4) is 0 Å². The summed E-state index contributed by atoms with van der Waals surface area (Å²) in [5.41, 5.74) is 1.40. The maximum absolute atomic E-state index is 12.6. The summed E-state index contributed by atoms with van der Waals surface area (Å²) in [7, 11) is 0. The van der Waals surface area contributed by atoms with Crippen molar-refractivity contribution in [1.82, 2.24) is 9.78 Å². The molecule has 0 atom stereocenters. The number of aromatic nitrogens is 2. The quantitative estimate of drug-likeness (QED) is 0.743. The zero-order valence-corrected chi connectivity index (χ0v) is 9.15. The Bertz CT molecular complexity index is 354. The van der Waals surface area contributed by atoms with Gasteiger partial charge >= 0.3 is 0 Å². The highest BCUT2D eigenvalue weighted by molar-refractivity contribution is 5.51. The number of hydrogen-bond donors (Lipinski definition) is 0. The van der Waals surface area contributed by atoms with E-state index in [0.29, 0.717) is 18.4 Å². The zero-order chi connectivity index (χ0) is 11.3. The summed E-state index contributed by atoms with van der Waals surface area (Å²) >= 11 is 0. The summed E-state index contributed by atoms with van der Waals surface area (Å²) in [4.78, 5) is 1.69. The van der Waals surface area contributed by atoms with Gasteiger partial charge in [-0.25, -0.2) is 4.39 Å². The van der Waals surface area contributed by atoms with Gasteiger partial charge in [-0.15, -0.1) is 0 Å². The average Bonchev–Trinajstić information content (AvgIpc) is 2.73. The Hall–Kier alpha value is -1.58. The SMILES string of the molecule is C=CN(/C(=C\F)CC)c1cnn(CC)c1. The van der Waals surface area contributed by atoms with Crippen molar-refractivity contribution in [3.63, 3.8) is 0 Å². The largest absolute Gasteiger partial charge is 0.316 e. The Kier molecular flexibility index (Phi) is 4.09. The van der Waals surface area contributed by atoms with Crippen LogP contribution >= 0.6 is 0 Å². The normalized spacial score (nSPS) is 11.5. The number of halogens is 1. The Morgan fingerprint density at radius 2 is 2.40 bits per heavy atom. The van der Waals surface area contributed by atoms with Gasteiger partial charge in [0.05, 0.1) is 17.6 Å². The minimum atomic E-state index is 0.570. The molecule has 1 aromatic heterocycles. The van der Waals surface area contributed by atoms with E-state index in [1.54, 1.807) is 22.0 Å². The van der Waals surface area contributed by atoms with E-state index in [2.05, 4.69) is 11.7 Å². The number of nitrogens with zero attached hydrogens (tertiary/aromatic N) is 3. The van der Waals surface area contributed by atoms with Crippen LogP contribution in [0, 0.1) is 0 Å². The van der Waals surface area contributed by atoms with Crippen LogP contribution in [0.15, 0.2) is 37.2 Å². The molecule has 0 aromatic carbocycles. The summed E-state index contributed by atoms with van der Waals surface area (Å²) in [6, 6.07) is 0. The fourth-order valence-corrected chi connectivity index (χ4v) is 1.34. The Labute approximate surface area is 89.5 Å². The predicted octanol–water partition coefficient (Wildman–Crippen LogP) is 3.07. The van der Waals surface area contributed by atoms with Gasteiger partial charge in [-0.1, -0.05) is 13.5 Å². The number of rotatable bonds is 5. The van der Waals surface area contributed by atoms with Crippen molar-refractivity contribution in [2.24, 2.45) is 0 Å². The molecule has 1 aromatic rings. The Balaban J connectivity index is 2.96. The first-order chi connectivity index (χ1) is 7.26. The van der Waals surface area contributed by atoms with Crippen LogP contribution in [0.2, 0.25) is 0 Å². The smallest absolute Gasteiger partial charge is 0.106 e. The molecule has 0 fully saturated rings. The van der Waals surface area contributed by atoms with Gasteiger partial charge < -0.3 is 4.90 Å². The summed E-state index contributed by atoms with van der Waals surface area (Å²) in [5, 5.41) is 4.13. The van der Waals surface area contributed by atoms with Gasteiger partial charge in [-0.3, -0.25) is 4.68 Å². The second-order valence-electron chi connectivity index (χ2n) is 3.06. The molecule has 15 heavy (non-hydrogen) atoms. The van der Waals surface area contributed by atoms with Crippen molar-refractivity contribution >= 4 is 5.69 Å². The van der Waals surface area contributed by atoms with Crippen molar-refractivity contribution in [2.45, 2.75) is 26.8 Å². The molecule has 1 rings (SSSR count). The lowest BCUT2D eigenvalue weighted by Gasteiger charge is -2.19. The minimum absolute atomic E-state index is 0.570. The lowest BCUT2D eigenvalue weighted by molar-refractivity contribution is 0.659. The standard InChI is InChI=1S/C11H16FN3/c1-4-10(7-12)15(6-3)11-8-13-14(5-2)9-11/h6-9H,3-5H2,1-2H3/b10-7-. The third-order valence-electron chi connectivity index (χ3n) is 2.20. The molecular formula is C11H16FN3. The summed E-state index contributed by atoms with van der Waals surface area (Å²) < 4.78 is 14.4. The van der Waals surface area contributed by atoms with E-state index in [-0.39, 0.29) is 0 Å². The van der Waals surface area contributed by atoms with Crippen LogP contribution in [-0.2, 0) is 6.54 Å². The summed E-state index contributed by atoms with van der Waals surface area (Å²) in [6.45, 7) is 8.36. The van der Waals surface area contributed by atoms with Crippen molar-refractivity contribution in [2.75, 3.05) is 4.90 Å². The molecule has 0 spiro atoms. The van der Waals surface area contributed by atoms with E-state index >= 15 is 0 Å². The number of hydrogen-bond acceptors (Lipinski definition) is 2. The van der Waals surface area contributed by atoms with Crippen LogP contribution in [0.5, 0.6) is 0 Å². The van der Waals surface area contributed by atoms with Gasteiger partial charge in [0.25, 0.3) is 0 Å². The van der Waals surface area contributed by atoms with Gasteiger partial charge in [0.1, 0.15) is 6.33 Å². The second kappa shape index (κ2) is 5.34. The summed E-state index contributed by atoms with van der Waals surface area (Å²) in [6.07, 6.45) is 6.36. The zero-order valence-electron chi connectivity index (χ0n) is 9.15. The van der Waals surface area contributed by atoms with Gasteiger partial charge in [0.2, 0.25) is 0 Å². The van der Waals surface area contributed by atoms with Crippen LogP contribution in [0.1, 0.15) is 20.3 Å². The molecule has 4 heteroatoms. The monoisotopic (exact) mass is 209 g/mol. The Morgan fingerprint density at radius 3 is 2.80 bits per heavy atom. The first kappa shape index (κ1) is 11.5. The van der Waals surface area contributed by atoms with Crippen LogP contribution in [0.4, 0.5) is 10.1 Å². The molecule has 0 bridgehead atoms. The van der Waals surface area contributed by atoms with Gasteiger partial charge in [-0.2, -0.15) is 5.10 Å². The van der Waals surface area contributed by atoms with E-state index < -0.39 is 0 Å². The highest BCUT2D eigenvalue weighted by Crippen LogP contribution is 2.20. The maximum atomic E-state index is 12.6. The predicted molar refractivity (Wildman–Crippen MR) is 60.1 cm³/mol. The third kappa shape index (κ3) is 2.46. The van der Waals surface area contributed by atoms with Crippen molar-refractivity contribution < 1.29 is 4.39 Å². The van der Waals surface area contributed by atoms with E-state index in [1.165, 1.54) is 0 Å². The second-order valence-corrected chi connectivity index (χ2v) is 3.06. The molecule has 3 nitrogen and oxygen atoms in total. The van der Waals surface area contributed by atoms with Crippen LogP contribution in [0.25, 0.3) is 0 Å². The topological polar surface area (TPSA) is 21.1 Å². The van der Waals surface area contributed by atoms with Crippen LogP contribution < -0.4 is 4.90 Å². The molecule has 82 valence electrons. The minimum Gasteiger partial charge on any atom is -0.316 e. The third-order valence-corrected chi connectivity index (χ3v) is 2.20. The number of anilines is 1. The lowest BCUT2D eigenvalue weighted by atomic mass is 10.3. The Morgan fingerprint density at radius 1 is 1.67 bits per heavy atom. The molecule has 0 aliphatic carbocycles. The van der Waals surface area contributed by atoms with E-state index in [0.717, 1.165) is 12.2 Å². The lowest BCUT2D eigenvalue weighted by Crippen LogP contribution is -2.13. The molecule has 0 saturated carbocycles. The van der Waals surface area contributed by atoms with Gasteiger partial charge in [-0.05, 0) is 13.3 Å². The molecule has 0 amide bonds. The molecule has 1 heterocycles. The van der Waals surface area contributed by atoms with E-state index in [4.69, 9.17) is 0 Å².